The Morgan fingerprint density at radius 2 is 1.91 bits per heavy atom. The van der Waals surface area contributed by atoms with E-state index in [1.165, 1.54) is 12.5 Å². The van der Waals surface area contributed by atoms with Crippen molar-refractivity contribution >= 4 is 45.7 Å². The lowest BCUT2D eigenvalue weighted by atomic mass is 10.0. The molecule has 2 aromatic carbocycles. The largest absolute Gasteiger partial charge is 0.454 e. The Hall–Kier alpha value is -3.47. The summed E-state index contributed by atoms with van der Waals surface area (Å²) >= 11 is 3.51. The van der Waals surface area contributed by atoms with Crippen LogP contribution in [0.5, 0.6) is 11.5 Å². The van der Waals surface area contributed by atoms with Crippen molar-refractivity contribution in [1.29, 1.82) is 0 Å². The second kappa shape index (κ2) is 9.80. The normalized spacial score (nSPS) is 17.3. The molecule has 0 unspecified atom stereocenters. The monoisotopic (exact) mass is 527 g/mol. The molecule has 1 fully saturated rings. The summed E-state index contributed by atoms with van der Waals surface area (Å²) in [4.78, 5) is 15.7. The van der Waals surface area contributed by atoms with Gasteiger partial charge in [-0.05, 0) is 66.4 Å². The van der Waals surface area contributed by atoms with E-state index in [9.17, 15) is 4.39 Å². The van der Waals surface area contributed by atoms with E-state index in [1.807, 2.05) is 12.1 Å². The van der Waals surface area contributed by atoms with Crippen molar-refractivity contribution in [3.8, 4) is 11.5 Å². The number of nitrogens with zero attached hydrogens (tertiary/aromatic N) is 5. The number of fused-ring (bicyclic) bond motifs is 1. The standard InChI is InChI=1S/C23H23BrFN7O2/c1-14-6-4-5-9-32(14)23-29-21(27-18-8-3-2-7-17(18)25)28-22(30-23)31-26-12-15-10-19-20(11-16(15)24)34-13-33-19/h2-3,7-8,10-12,14H,4-6,9,13H2,1H3,(H2,27,28,29,30,31)/b26-12-/t14-/m1/s1. The van der Waals surface area contributed by atoms with Crippen molar-refractivity contribution in [3.05, 3.63) is 52.3 Å². The molecule has 2 aliphatic rings. The highest BCUT2D eigenvalue weighted by molar-refractivity contribution is 9.10. The van der Waals surface area contributed by atoms with Gasteiger partial charge in [0.25, 0.3) is 0 Å². The van der Waals surface area contributed by atoms with Crippen molar-refractivity contribution in [2.45, 2.75) is 32.2 Å². The summed E-state index contributed by atoms with van der Waals surface area (Å²) in [6, 6.07) is 10.3. The number of hydrogen-bond donors (Lipinski definition) is 2. The summed E-state index contributed by atoms with van der Waals surface area (Å²) in [5, 5.41) is 7.25. The highest BCUT2D eigenvalue weighted by Gasteiger charge is 2.22. The zero-order valence-corrected chi connectivity index (χ0v) is 20.0. The first kappa shape index (κ1) is 22.3. The molecule has 0 saturated carbocycles. The molecule has 0 radical (unpaired) electrons. The highest BCUT2D eigenvalue weighted by atomic mass is 79.9. The summed E-state index contributed by atoms with van der Waals surface area (Å²) in [6.07, 6.45) is 4.91. The van der Waals surface area contributed by atoms with Gasteiger partial charge >= 0.3 is 0 Å². The number of aromatic nitrogens is 3. The Morgan fingerprint density at radius 1 is 1.12 bits per heavy atom. The molecule has 176 valence electrons. The lowest BCUT2D eigenvalue weighted by molar-refractivity contribution is 0.174. The van der Waals surface area contributed by atoms with E-state index in [2.05, 4.69) is 58.5 Å². The quantitative estimate of drug-likeness (QED) is 0.338. The zero-order valence-electron chi connectivity index (χ0n) is 18.5. The molecule has 5 rings (SSSR count). The molecule has 34 heavy (non-hydrogen) atoms. The SMILES string of the molecule is C[C@@H]1CCCCN1c1nc(N/N=C\c2cc3c(cc2Br)OCO3)nc(Nc2ccccc2F)n1. The molecular weight excluding hydrogens is 505 g/mol. The Bertz CT molecular complexity index is 1230. The van der Waals surface area contributed by atoms with Gasteiger partial charge in [-0.15, -0.1) is 0 Å². The van der Waals surface area contributed by atoms with Gasteiger partial charge < -0.3 is 19.7 Å². The smallest absolute Gasteiger partial charge is 0.250 e. The van der Waals surface area contributed by atoms with E-state index in [1.54, 1.807) is 24.4 Å². The van der Waals surface area contributed by atoms with Gasteiger partial charge in [-0.3, -0.25) is 0 Å². The van der Waals surface area contributed by atoms with Crippen molar-refractivity contribution in [3.63, 3.8) is 0 Å². The molecular formula is C23H23BrFN7O2. The van der Waals surface area contributed by atoms with E-state index in [-0.39, 0.29) is 24.4 Å². The third-order valence-electron chi connectivity index (χ3n) is 5.66. The van der Waals surface area contributed by atoms with Crippen LogP contribution in [0.4, 0.5) is 27.9 Å². The van der Waals surface area contributed by atoms with Gasteiger partial charge in [0.05, 0.1) is 11.9 Å². The number of piperidine rings is 1. The molecule has 3 heterocycles. The summed E-state index contributed by atoms with van der Waals surface area (Å²) in [5.41, 5.74) is 3.95. The number of anilines is 4. The molecule has 0 spiro atoms. The fourth-order valence-electron chi connectivity index (χ4n) is 3.87. The molecule has 0 aliphatic carbocycles. The fraction of sp³-hybridized carbons (Fsp3) is 0.304. The minimum Gasteiger partial charge on any atom is -0.454 e. The van der Waals surface area contributed by atoms with Crippen LogP contribution in [0.2, 0.25) is 0 Å². The molecule has 1 aromatic heterocycles. The van der Waals surface area contributed by atoms with Gasteiger partial charge in [0.1, 0.15) is 5.82 Å². The Balaban J connectivity index is 1.42. The van der Waals surface area contributed by atoms with Crippen LogP contribution in [0.15, 0.2) is 46.0 Å². The maximum Gasteiger partial charge on any atom is 0.250 e. The second-order valence-electron chi connectivity index (χ2n) is 8.02. The minimum atomic E-state index is -0.393. The molecule has 0 amide bonds. The number of nitrogens with one attached hydrogen (secondary N) is 2. The molecule has 9 nitrogen and oxygen atoms in total. The minimum absolute atomic E-state index is 0.195. The number of benzene rings is 2. The van der Waals surface area contributed by atoms with Crippen LogP contribution in [0.3, 0.4) is 0 Å². The van der Waals surface area contributed by atoms with E-state index < -0.39 is 5.82 Å². The summed E-state index contributed by atoms with van der Waals surface area (Å²) < 4.78 is 25.8. The van der Waals surface area contributed by atoms with Crippen LogP contribution in [0.25, 0.3) is 0 Å². The Kier molecular flexibility index (Phi) is 6.43. The average Bonchev–Trinajstić information content (AvgIpc) is 3.28. The topological polar surface area (TPSA) is 96.8 Å². The maximum absolute atomic E-state index is 14.2. The summed E-state index contributed by atoms with van der Waals surface area (Å²) in [7, 11) is 0. The van der Waals surface area contributed by atoms with Crippen molar-refractivity contribution in [2.24, 2.45) is 5.10 Å². The number of halogens is 2. The fourth-order valence-corrected chi connectivity index (χ4v) is 4.29. The number of hydrogen-bond acceptors (Lipinski definition) is 9. The van der Waals surface area contributed by atoms with Gasteiger partial charge in [-0.25, -0.2) is 9.82 Å². The lowest BCUT2D eigenvalue weighted by Crippen LogP contribution is -2.38. The third kappa shape index (κ3) is 4.89. The summed E-state index contributed by atoms with van der Waals surface area (Å²) in [6.45, 7) is 3.19. The zero-order chi connectivity index (χ0) is 23.5. The molecule has 0 bridgehead atoms. The average molecular weight is 528 g/mol. The second-order valence-corrected chi connectivity index (χ2v) is 8.88. The van der Waals surface area contributed by atoms with Crippen LogP contribution in [0, 0.1) is 5.82 Å². The molecule has 1 saturated heterocycles. The van der Waals surface area contributed by atoms with Gasteiger partial charge in [-0.1, -0.05) is 12.1 Å². The number of hydrazone groups is 1. The predicted octanol–water partition coefficient (Wildman–Crippen LogP) is 5.07. The molecule has 11 heteroatoms. The van der Waals surface area contributed by atoms with Crippen LogP contribution in [-0.4, -0.2) is 40.5 Å². The van der Waals surface area contributed by atoms with E-state index >= 15 is 0 Å². The maximum atomic E-state index is 14.2. The molecule has 2 aliphatic heterocycles. The van der Waals surface area contributed by atoms with Gasteiger partial charge in [0.2, 0.25) is 24.6 Å². The number of ether oxygens (including phenoxy) is 2. The van der Waals surface area contributed by atoms with Crippen LogP contribution in [-0.2, 0) is 0 Å². The van der Waals surface area contributed by atoms with Crippen molar-refractivity contribution < 1.29 is 13.9 Å². The van der Waals surface area contributed by atoms with Crippen LogP contribution in [0.1, 0.15) is 31.7 Å². The molecule has 1 atom stereocenters. The summed E-state index contributed by atoms with van der Waals surface area (Å²) in [5.74, 6) is 1.93. The van der Waals surface area contributed by atoms with Crippen molar-refractivity contribution in [2.75, 3.05) is 29.0 Å². The third-order valence-corrected chi connectivity index (χ3v) is 6.35. The lowest BCUT2D eigenvalue weighted by Gasteiger charge is -2.33. The van der Waals surface area contributed by atoms with Crippen molar-refractivity contribution in [1.82, 2.24) is 15.0 Å². The molecule has 2 N–H and O–H groups in total. The predicted molar refractivity (Wildman–Crippen MR) is 132 cm³/mol. The number of rotatable bonds is 6. The number of para-hydroxylation sites is 1. The van der Waals surface area contributed by atoms with Crippen LogP contribution >= 0.6 is 15.9 Å². The van der Waals surface area contributed by atoms with Gasteiger partial charge in [-0.2, -0.15) is 20.1 Å². The van der Waals surface area contributed by atoms with E-state index in [0.717, 1.165) is 29.4 Å². The van der Waals surface area contributed by atoms with Gasteiger partial charge in [0, 0.05) is 22.6 Å². The Labute approximate surface area is 204 Å². The first-order valence-corrected chi connectivity index (χ1v) is 11.8. The van der Waals surface area contributed by atoms with Crippen LogP contribution < -0.4 is 25.1 Å². The van der Waals surface area contributed by atoms with Gasteiger partial charge in [0.15, 0.2) is 11.5 Å². The highest BCUT2D eigenvalue weighted by Crippen LogP contribution is 2.36. The van der Waals surface area contributed by atoms with E-state index in [0.29, 0.717) is 23.5 Å². The Morgan fingerprint density at radius 3 is 2.74 bits per heavy atom. The first-order valence-electron chi connectivity index (χ1n) is 11.0. The molecule has 3 aromatic rings. The first-order chi connectivity index (χ1) is 16.6. The van der Waals surface area contributed by atoms with E-state index in [4.69, 9.17) is 9.47 Å².